The van der Waals surface area contributed by atoms with Gasteiger partial charge in [-0.15, -0.1) is 0 Å². The third-order valence-electron chi connectivity index (χ3n) is 5.31. The van der Waals surface area contributed by atoms with Gasteiger partial charge in [0, 0.05) is 6.42 Å². The molecule has 7 nitrogen and oxygen atoms in total. The van der Waals surface area contributed by atoms with E-state index in [4.69, 9.17) is 5.11 Å². The Bertz CT molecular complexity index is 427. The van der Waals surface area contributed by atoms with Crippen molar-refractivity contribution in [3.8, 4) is 0 Å². The molecule has 0 aromatic carbocycles. The number of carbonyl (C=O) groups excluding carboxylic acids is 2. The van der Waals surface area contributed by atoms with E-state index < -0.39 is 42.6 Å². The standard InChI is InChI=1S/C22H42O7/c1-2-3-4-5-6-7-8-9-10-11-12-13-14-15-17(24)19(26)21(28)22(29)20(27)18(25)16-23/h18,20-23,25,27-29H,2-16H2,1H3. The maximum absolute atomic E-state index is 11.8. The molecule has 172 valence electrons. The smallest absolute Gasteiger partial charge is 0.229 e. The molecule has 0 spiro atoms. The summed E-state index contributed by atoms with van der Waals surface area (Å²) < 4.78 is 0. The molecular weight excluding hydrogens is 376 g/mol. The second-order valence-corrected chi connectivity index (χ2v) is 7.96. The van der Waals surface area contributed by atoms with E-state index in [1.807, 2.05) is 0 Å². The summed E-state index contributed by atoms with van der Waals surface area (Å²) in [4.78, 5) is 23.7. The van der Waals surface area contributed by atoms with Crippen LogP contribution in [-0.2, 0) is 9.59 Å². The fourth-order valence-corrected chi connectivity index (χ4v) is 3.27. The molecule has 0 amide bonds. The van der Waals surface area contributed by atoms with Crippen LogP contribution < -0.4 is 0 Å². The summed E-state index contributed by atoms with van der Waals surface area (Å²) in [5.41, 5.74) is 0. The molecule has 0 aromatic heterocycles. The molecule has 0 aliphatic heterocycles. The fourth-order valence-electron chi connectivity index (χ4n) is 3.27. The van der Waals surface area contributed by atoms with Crippen molar-refractivity contribution in [2.24, 2.45) is 0 Å². The van der Waals surface area contributed by atoms with Crippen molar-refractivity contribution >= 4 is 11.6 Å². The number of Topliss-reactive ketones (excluding diaryl/α,β-unsaturated/α-hetero) is 2. The van der Waals surface area contributed by atoms with Gasteiger partial charge in [0.15, 0.2) is 0 Å². The highest BCUT2D eigenvalue weighted by Gasteiger charge is 2.36. The molecule has 4 atom stereocenters. The predicted octanol–water partition coefficient (Wildman–Crippen LogP) is 2.04. The van der Waals surface area contributed by atoms with Gasteiger partial charge in [0.2, 0.25) is 11.6 Å². The topological polar surface area (TPSA) is 135 Å². The molecule has 4 unspecified atom stereocenters. The van der Waals surface area contributed by atoms with E-state index in [9.17, 15) is 30.0 Å². The Hall–Kier alpha value is -0.860. The number of rotatable bonds is 20. The van der Waals surface area contributed by atoms with Crippen LogP contribution in [0, 0.1) is 0 Å². The molecule has 0 aliphatic carbocycles. The van der Waals surface area contributed by atoms with Crippen molar-refractivity contribution in [2.75, 3.05) is 6.61 Å². The number of hydrogen-bond acceptors (Lipinski definition) is 7. The predicted molar refractivity (Wildman–Crippen MR) is 111 cm³/mol. The number of aliphatic hydroxyl groups excluding tert-OH is 5. The van der Waals surface area contributed by atoms with Gasteiger partial charge in [-0.3, -0.25) is 9.59 Å². The van der Waals surface area contributed by atoms with Gasteiger partial charge in [-0.05, 0) is 6.42 Å². The van der Waals surface area contributed by atoms with Crippen LogP contribution in [0.4, 0.5) is 0 Å². The van der Waals surface area contributed by atoms with E-state index in [-0.39, 0.29) is 6.42 Å². The first-order valence-electron chi connectivity index (χ1n) is 11.3. The summed E-state index contributed by atoms with van der Waals surface area (Å²) in [7, 11) is 0. The molecule has 0 aliphatic rings. The van der Waals surface area contributed by atoms with E-state index in [1.165, 1.54) is 57.8 Å². The zero-order chi connectivity index (χ0) is 22.1. The van der Waals surface area contributed by atoms with Crippen molar-refractivity contribution in [1.29, 1.82) is 0 Å². The molecule has 0 fully saturated rings. The highest BCUT2D eigenvalue weighted by molar-refractivity contribution is 6.38. The van der Waals surface area contributed by atoms with Crippen LogP contribution in [0.5, 0.6) is 0 Å². The van der Waals surface area contributed by atoms with Gasteiger partial charge in [0.05, 0.1) is 6.61 Å². The molecule has 0 heterocycles. The minimum Gasteiger partial charge on any atom is -0.394 e. The molecule has 0 aromatic rings. The molecule has 0 radical (unpaired) electrons. The Morgan fingerprint density at radius 2 is 1.07 bits per heavy atom. The lowest BCUT2D eigenvalue weighted by molar-refractivity contribution is -0.154. The first-order valence-corrected chi connectivity index (χ1v) is 11.3. The molecule has 29 heavy (non-hydrogen) atoms. The average Bonchev–Trinajstić information content (AvgIpc) is 2.73. The third-order valence-corrected chi connectivity index (χ3v) is 5.31. The van der Waals surface area contributed by atoms with Crippen LogP contribution in [0.1, 0.15) is 96.8 Å². The Balaban J connectivity index is 3.74. The number of ketones is 2. The van der Waals surface area contributed by atoms with Crippen molar-refractivity contribution < 1.29 is 35.1 Å². The lowest BCUT2D eigenvalue weighted by atomic mass is 9.96. The lowest BCUT2D eigenvalue weighted by Gasteiger charge is -2.24. The van der Waals surface area contributed by atoms with Crippen molar-refractivity contribution in [1.82, 2.24) is 0 Å². The summed E-state index contributed by atoms with van der Waals surface area (Å²) in [5, 5.41) is 46.8. The van der Waals surface area contributed by atoms with E-state index in [0.717, 1.165) is 19.3 Å². The van der Waals surface area contributed by atoms with Gasteiger partial charge in [-0.25, -0.2) is 0 Å². The van der Waals surface area contributed by atoms with Gasteiger partial charge in [-0.1, -0.05) is 84.0 Å². The van der Waals surface area contributed by atoms with Crippen molar-refractivity contribution in [2.45, 2.75) is 121 Å². The molecule has 7 heteroatoms. The van der Waals surface area contributed by atoms with Crippen LogP contribution in [0.2, 0.25) is 0 Å². The highest BCUT2D eigenvalue weighted by Crippen LogP contribution is 2.14. The quantitative estimate of drug-likeness (QED) is 0.151. The Morgan fingerprint density at radius 3 is 1.48 bits per heavy atom. The average molecular weight is 419 g/mol. The van der Waals surface area contributed by atoms with Crippen LogP contribution >= 0.6 is 0 Å². The summed E-state index contributed by atoms with van der Waals surface area (Å²) in [6.45, 7) is 1.38. The van der Waals surface area contributed by atoms with Gasteiger partial charge in [-0.2, -0.15) is 0 Å². The van der Waals surface area contributed by atoms with Crippen LogP contribution in [0.15, 0.2) is 0 Å². The van der Waals surface area contributed by atoms with E-state index in [1.54, 1.807) is 0 Å². The Labute approximate surface area is 175 Å². The minimum absolute atomic E-state index is 0.0149. The highest BCUT2D eigenvalue weighted by atomic mass is 16.4. The van der Waals surface area contributed by atoms with Gasteiger partial charge in [0.25, 0.3) is 0 Å². The van der Waals surface area contributed by atoms with E-state index in [0.29, 0.717) is 6.42 Å². The Kier molecular flexibility index (Phi) is 17.4. The molecule has 0 rings (SSSR count). The van der Waals surface area contributed by atoms with Gasteiger partial charge in [0.1, 0.15) is 24.4 Å². The zero-order valence-corrected chi connectivity index (χ0v) is 18.0. The normalized spacial score (nSPS) is 15.7. The summed E-state index contributed by atoms with van der Waals surface area (Å²) in [5.74, 6) is -1.98. The maximum Gasteiger partial charge on any atom is 0.229 e. The monoisotopic (exact) mass is 418 g/mol. The van der Waals surface area contributed by atoms with E-state index >= 15 is 0 Å². The molecule has 0 bridgehead atoms. The second-order valence-electron chi connectivity index (χ2n) is 7.96. The SMILES string of the molecule is CCCCCCCCCCCCCCCC(=O)C(=O)C(O)C(O)C(O)C(O)CO. The number of unbranched alkanes of at least 4 members (excludes halogenated alkanes) is 12. The first-order chi connectivity index (χ1) is 13.9. The van der Waals surface area contributed by atoms with Crippen LogP contribution in [0.3, 0.4) is 0 Å². The van der Waals surface area contributed by atoms with Crippen molar-refractivity contribution in [3.63, 3.8) is 0 Å². The molecule has 5 N–H and O–H groups in total. The van der Waals surface area contributed by atoms with Gasteiger partial charge >= 0.3 is 0 Å². The van der Waals surface area contributed by atoms with Crippen LogP contribution in [-0.4, -0.2) is 68.1 Å². The molecule has 0 saturated carbocycles. The minimum atomic E-state index is -2.11. The molecule has 0 saturated heterocycles. The first kappa shape index (κ1) is 28.1. The third kappa shape index (κ3) is 13.1. The Morgan fingerprint density at radius 1 is 0.655 bits per heavy atom. The van der Waals surface area contributed by atoms with Crippen molar-refractivity contribution in [3.05, 3.63) is 0 Å². The lowest BCUT2D eigenvalue weighted by Crippen LogP contribution is -2.50. The number of hydrogen-bond donors (Lipinski definition) is 5. The van der Waals surface area contributed by atoms with Gasteiger partial charge < -0.3 is 25.5 Å². The zero-order valence-electron chi connectivity index (χ0n) is 18.0. The summed E-state index contributed by atoms with van der Waals surface area (Å²) >= 11 is 0. The molecular formula is C22H42O7. The second kappa shape index (κ2) is 18.0. The summed E-state index contributed by atoms with van der Waals surface area (Å²) in [6.07, 6.45) is 7.29. The largest absolute Gasteiger partial charge is 0.394 e. The van der Waals surface area contributed by atoms with E-state index in [2.05, 4.69) is 6.92 Å². The summed E-state index contributed by atoms with van der Waals surface area (Å²) in [6, 6.07) is 0. The fraction of sp³-hybridized carbons (Fsp3) is 0.909. The maximum atomic E-state index is 11.8. The number of carbonyl (C=O) groups is 2. The van der Waals surface area contributed by atoms with Crippen LogP contribution in [0.25, 0.3) is 0 Å². The number of aliphatic hydroxyl groups is 5.